The molecule has 0 saturated heterocycles. The number of carbonyl (C=O) groups is 1. The van der Waals surface area contributed by atoms with Gasteiger partial charge < -0.3 is 15.0 Å². The number of anilines is 2. The molecule has 0 unspecified atom stereocenters. The molecule has 0 aliphatic carbocycles. The molecule has 1 amide bonds. The average Bonchev–Trinajstić information content (AvgIpc) is 2.75. The van der Waals surface area contributed by atoms with Crippen LogP contribution in [0, 0.1) is 6.92 Å². The molecular formula is C11H12N4O3. The first kappa shape index (κ1) is 11.9. The van der Waals surface area contributed by atoms with Crippen molar-refractivity contribution in [2.45, 2.75) is 6.92 Å². The molecule has 0 aliphatic heterocycles. The third-order valence-electron chi connectivity index (χ3n) is 2.25. The van der Waals surface area contributed by atoms with E-state index < -0.39 is 5.91 Å². The smallest absolute Gasteiger partial charge is 0.328 e. The zero-order chi connectivity index (χ0) is 13.1. The van der Waals surface area contributed by atoms with Crippen LogP contribution >= 0.6 is 0 Å². The molecule has 1 heterocycles. The molecule has 0 aliphatic rings. The molecule has 2 aromatic rings. The number of nitrogens with two attached hydrogens (primary N) is 1. The SMILES string of the molecule is COc1ccc(N)c(C(=O)Nc2nc(C)no2)c1. The van der Waals surface area contributed by atoms with Crippen LogP contribution in [0.1, 0.15) is 16.2 Å². The Kier molecular flexibility index (Phi) is 3.13. The first-order chi connectivity index (χ1) is 8.60. The number of nitrogens with one attached hydrogen (secondary N) is 1. The van der Waals surface area contributed by atoms with Gasteiger partial charge in [0.15, 0.2) is 5.82 Å². The second-order valence-corrected chi connectivity index (χ2v) is 3.55. The van der Waals surface area contributed by atoms with E-state index in [-0.39, 0.29) is 11.6 Å². The van der Waals surface area contributed by atoms with Gasteiger partial charge in [-0.25, -0.2) is 0 Å². The van der Waals surface area contributed by atoms with E-state index >= 15 is 0 Å². The van der Waals surface area contributed by atoms with Gasteiger partial charge in [-0.15, -0.1) is 0 Å². The van der Waals surface area contributed by atoms with Crippen molar-refractivity contribution in [2.75, 3.05) is 18.2 Å². The van der Waals surface area contributed by atoms with Gasteiger partial charge in [0.25, 0.3) is 5.91 Å². The van der Waals surface area contributed by atoms with E-state index in [9.17, 15) is 4.79 Å². The van der Waals surface area contributed by atoms with Gasteiger partial charge in [0.05, 0.1) is 12.7 Å². The molecule has 3 N–H and O–H groups in total. The molecule has 0 fully saturated rings. The molecule has 0 atom stereocenters. The zero-order valence-electron chi connectivity index (χ0n) is 9.93. The standard InChI is InChI=1S/C11H12N4O3/c1-6-13-11(18-15-6)14-10(16)8-5-7(17-2)3-4-9(8)12/h3-5H,12H2,1-2H3,(H,13,14,15,16). The van der Waals surface area contributed by atoms with Crippen molar-refractivity contribution in [1.29, 1.82) is 0 Å². The fraction of sp³-hybridized carbons (Fsp3) is 0.182. The number of aryl methyl sites for hydroxylation is 1. The predicted octanol–water partition coefficient (Wildman–Crippen LogP) is 1.22. The summed E-state index contributed by atoms with van der Waals surface area (Å²) in [6, 6.07) is 4.82. The molecule has 94 valence electrons. The minimum atomic E-state index is -0.435. The van der Waals surface area contributed by atoms with Crippen LogP contribution < -0.4 is 15.8 Å². The van der Waals surface area contributed by atoms with Crippen LogP contribution in [0.25, 0.3) is 0 Å². The second-order valence-electron chi connectivity index (χ2n) is 3.55. The van der Waals surface area contributed by atoms with E-state index in [2.05, 4.69) is 15.5 Å². The molecule has 0 saturated carbocycles. The van der Waals surface area contributed by atoms with Gasteiger partial charge in [-0.2, -0.15) is 4.98 Å². The molecule has 0 radical (unpaired) electrons. The van der Waals surface area contributed by atoms with Crippen LogP contribution in [0.2, 0.25) is 0 Å². The topological polar surface area (TPSA) is 103 Å². The van der Waals surface area contributed by atoms with Crippen molar-refractivity contribution in [1.82, 2.24) is 10.1 Å². The van der Waals surface area contributed by atoms with Crippen molar-refractivity contribution in [3.05, 3.63) is 29.6 Å². The number of aromatic nitrogens is 2. The highest BCUT2D eigenvalue weighted by atomic mass is 16.5. The van der Waals surface area contributed by atoms with Gasteiger partial charge in [-0.3, -0.25) is 10.1 Å². The van der Waals surface area contributed by atoms with E-state index in [1.165, 1.54) is 13.2 Å². The number of hydrogen-bond donors (Lipinski definition) is 2. The maximum Gasteiger partial charge on any atom is 0.328 e. The van der Waals surface area contributed by atoms with Crippen molar-refractivity contribution in [3.63, 3.8) is 0 Å². The summed E-state index contributed by atoms with van der Waals surface area (Å²) < 4.78 is 9.82. The lowest BCUT2D eigenvalue weighted by molar-refractivity contribution is 0.102. The number of ether oxygens (including phenoxy) is 1. The van der Waals surface area contributed by atoms with Gasteiger partial charge in [-0.1, -0.05) is 5.16 Å². The fourth-order valence-corrected chi connectivity index (χ4v) is 1.37. The van der Waals surface area contributed by atoms with E-state index in [4.69, 9.17) is 15.0 Å². The van der Waals surface area contributed by atoms with Gasteiger partial charge in [0, 0.05) is 5.69 Å². The minimum absolute atomic E-state index is 0.0275. The number of amides is 1. The second kappa shape index (κ2) is 4.74. The lowest BCUT2D eigenvalue weighted by Crippen LogP contribution is -2.14. The van der Waals surface area contributed by atoms with Gasteiger partial charge >= 0.3 is 6.01 Å². The Morgan fingerprint density at radius 2 is 2.28 bits per heavy atom. The number of nitrogens with zero attached hydrogens (tertiary/aromatic N) is 2. The highest BCUT2D eigenvalue weighted by Gasteiger charge is 2.14. The Morgan fingerprint density at radius 1 is 1.50 bits per heavy atom. The Labute approximate surface area is 103 Å². The number of carbonyl (C=O) groups excluding carboxylic acids is 1. The summed E-state index contributed by atoms with van der Waals surface area (Å²) in [6.07, 6.45) is 0. The highest BCUT2D eigenvalue weighted by Crippen LogP contribution is 2.20. The van der Waals surface area contributed by atoms with Crippen molar-refractivity contribution in [3.8, 4) is 5.75 Å². The van der Waals surface area contributed by atoms with Gasteiger partial charge in [0.2, 0.25) is 0 Å². The summed E-state index contributed by atoms with van der Waals surface area (Å²) in [5.41, 5.74) is 6.34. The van der Waals surface area contributed by atoms with Crippen LogP contribution in [-0.4, -0.2) is 23.2 Å². The molecule has 18 heavy (non-hydrogen) atoms. The molecule has 0 bridgehead atoms. The zero-order valence-corrected chi connectivity index (χ0v) is 9.93. The number of nitrogen functional groups attached to an aromatic ring is 1. The first-order valence-corrected chi connectivity index (χ1v) is 5.15. The average molecular weight is 248 g/mol. The largest absolute Gasteiger partial charge is 0.497 e. The quantitative estimate of drug-likeness (QED) is 0.791. The molecule has 1 aromatic heterocycles. The summed E-state index contributed by atoms with van der Waals surface area (Å²) in [5.74, 6) is 0.537. The normalized spacial score (nSPS) is 10.1. The Bertz CT molecular complexity index is 579. The number of benzene rings is 1. The number of hydrogen-bond acceptors (Lipinski definition) is 6. The summed E-state index contributed by atoms with van der Waals surface area (Å²) in [6.45, 7) is 1.65. The van der Waals surface area contributed by atoms with Crippen LogP contribution in [0.3, 0.4) is 0 Å². The van der Waals surface area contributed by atoms with Crippen LogP contribution in [0.5, 0.6) is 5.75 Å². The van der Waals surface area contributed by atoms with E-state index in [0.717, 1.165) is 0 Å². The Morgan fingerprint density at radius 3 is 2.89 bits per heavy atom. The monoisotopic (exact) mass is 248 g/mol. The van der Waals surface area contributed by atoms with E-state index in [1.807, 2.05) is 0 Å². The Balaban J connectivity index is 2.23. The molecule has 7 heteroatoms. The van der Waals surface area contributed by atoms with Crippen molar-refractivity contribution < 1.29 is 14.1 Å². The van der Waals surface area contributed by atoms with Gasteiger partial charge in [0.1, 0.15) is 5.75 Å². The van der Waals surface area contributed by atoms with E-state index in [0.29, 0.717) is 17.3 Å². The molecule has 0 spiro atoms. The molecule has 7 nitrogen and oxygen atoms in total. The fourth-order valence-electron chi connectivity index (χ4n) is 1.37. The minimum Gasteiger partial charge on any atom is -0.497 e. The number of methoxy groups -OCH3 is 1. The van der Waals surface area contributed by atoms with Crippen molar-refractivity contribution >= 4 is 17.6 Å². The molecular weight excluding hydrogens is 236 g/mol. The summed E-state index contributed by atoms with van der Waals surface area (Å²) in [7, 11) is 1.51. The lowest BCUT2D eigenvalue weighted by Gasteiger charge is -2.06. The Hall–Kier alpha value is -2.57. The van der Waals surface area contributed by atoms with Crippen LogP contribution in [-0.2, 0) is 0 Å². The van der Waals surface area contributed by atoms with Gasteiger partial charge in [-0.05, 0) is 25.1 Å². The van der Waals surface area contributed by atoms with Crippen LogP contribution in [0.4, 0.5) is 11.7 Å². The lowest BCUT2D eigenvalue weighted by atomic mass is 10.1. The third kappa shape index (κ3) is 2.40. The highest BCUT2D eigenvalue weighted by molar-refractivity contribution is 6.07. The summed E-state index contributed by atoms with van der Waals surface area (Å²) >= 11 is 0. The third-order valence-corrected chi connectivity index (χ3v) is 2.25. The summed E-state index contributed by atoms with van der Waals surface area (Å²) in [5, 5.41) is 6.02. The summed E-state index contributed by atoms with van der Waals surface area (Å²) in [4.78, 5) is 15.8. The molecule has 1 aromatic carbocycles. The maximum atomic E-state index is 11.9. The number of rotatable bonds is 3. The predicted molar refractivity (Wildman–Crippen MR) is 64.4 cm³/mol. The van der Waals surface area contributed by atoms with E-state index in [1.54, 1.807) is 19.1 Å². The maximum absolute atomic E-state index is 11.9. The van der Waals surface area contributed by atoms with Crippen LogP contribution in [0.15, 0.2) is 22.7 Å². The molecule has 2 rings (SSSR count). The first-order valence-electron chi connectivity index (χ1n) is 5.15. The van der Waals surface area contributed by atoms with Crippen molar-refractivity contribution in [2.24, 2.45) is 0 Å².